The van der Waals surface area contributed by atoms with Crippen LogP contribution in [0.3, 0.4) is 0 Å². The van der Waals surface area contributed by atoms with Gasteiger partial charge in [-0.25, -0.2) is 4.79 Å². The first kappa shape index (κ1) is 17.1. The van der Waals surface area contributed by atoms with Crippen LogP contribution >= 0.6 is 0 Å². The average molecular weight is 312 g/mol. The molecular formula is C20H24O3. The first-order chi connectivity index (χ1) is 10.9. The molecule has 0 aliphatic carbocycles. The van der Waals surface area contributed by atoms with E-state index < -0.39 is 5.97 Å². The first-order valence-corrected chi connectivity index (χ1v) is 8.05. The standard InChI is InChI=1S/C20H24O3/c1-5-10-23-19-9-7-15(11-14(19)4)17-8-6-16(20(21)22)12-18(17)13(2)3/h6-9,11-13H,5,10H2,1-4H3,(H,21,22). The monoisotopic (exact) mass is 312 g/mol. The molecule has 0 saturated carbocycles. The number of carboxylic acids is 1. The van der Waals surface area contributed by atoms with Crippen molar-refractivity contribution in [2.45, 2.75) is 40.0 Å². The van der Waals surface area contributed by atoms with Crippen LogP contribution in [0, 0.1) is 6.92 Å². The number of hydrogen-bond acceptors (Lipinski definition) is 2. The largest absolute Gasteiger partial charge is 0.493 e. The molecular weight excluding hydrogens is 288 g/mol. The van der Waals surface area contributed by atoms with Crippen LogP contribution < -0.4 is 4.74 Å². The Morgan fingerprint density at radius 2 is 1.91 bits per heavy atom. The Bertz CT molecular complexity index is 702. The van der Waals surface area contributed by atoms with E-state index in [9.17, 15) is 9.90 Å². The van der Waals surface area contributed by atoms with Crippen molar-refractivity contribution < 1.29 is 14.6 Å². The van der Waals surface area contributed by atoms with E-state index in [-0.39, 0.29) is 5.92 Å². The number of aryl methyl sites for hydroxylation is 1. The van der Waals surface area contributed by atoms with Gasteiger partial charge in [0.05, 0.1) is 12.2 Å². The third kappa shape index (κ3) is 3.92. The van der Waals surface area contributed by atoms with Crippen molar-refractivity contribution in [3.63, 3.8) is 0 Å². The number of benzene rings is 2. The number of carboxylic acid groups (broad SMARTS) is 1. The molecule has 122 valence electrons. The second-order valence-corrected chi connectivity index (χ2v) is 6.09. The van der Waals surface area contributed by atoms with Crippen molar-refractivity contribution in [1.29, 1.82) is 0 Å². The van der Waals surface area contributed by atoms with Gasteiger partial charge in [0.25, 0.3) is 0 Å². The summed E-state index contributed by atoms with van der Waals surface area (Å²) in [5.74, 6) is 0.266. The molecule has 0 spiro atoms. The fourth-order valence-corrected chi connectivity index (χ4v) is 2.63. The molecule has 23 heavy (non-hydrogen) atoms. The van der Waals surface area contributed by atoms with Crippen LogP contribution in [-0.4, -0.2) is 17.7 Å². The van der Waals surface area contributed by atoms with E-state index in [0.717, 1.165) is 34.4 Å². The summed E-state index contributed by atoms with van der Waals surface area (Å²) in [5.41, 5.74) is 4.64. The van der Waals surface area contributed by atoms with E-state index in [2.05, 4.69) is 26.8 Å². The summed E-state index contributed by atoms with van der Waals surface area (Å²) in [5, 5.41) is 9.20. The van der Waals surface area contributed by atoms with Crippen molar-refractivity contribution in [2.75, 3.05) is 6.61 Å². The summed E-state index contributed by atoms with van der Waals surface area (Å²) in [7, 11) is 0. The summed E-state index contributed by atoms with van der Waals surface area (Å²) < 4.78 is 5.73. The van der Waals surface area contributed by atoms with Crippen LogP contribution in [0.2, 0.25) is 0 Å². The molecule has 0 aliphatic rings. The van der Waals surface area contributed by atoms with Gasteiger partial charge in [0, 0.05) is 0 Å². The molecule has 0 aliphatic heterocycles. The molecule has 3 nitrogen and oxygen atoms in total. The highest BCUT2D eigenvalue weighted by Gasteiger charge is 2.13. The van der Waals surface area contributed by atoms with Crippen molar-refractivity contribution in [3.8, 4) is 16.9 Å². The molecule has 2 aromatic rings. The Morgan fingerprint density at radius 3 is 2.48 bits per heavy atom. The minimum Gasteiger partial charge on any atom is -0.493 e. The lowest BCUT2D eigenvalue weighted by molar-refractivity contribution is 0.0697. The van der Waals surface area contributed by atoms with Crippen LogP contribution in [-0.2, 0) is 0 Å². The summed E-state index contributed by atoms with van der Waals surface area (Å²) >= 11 is 0. The van der Waals surface area contributed by atoms with E-state index in [1.807, 2.05) is 25.1 Å². The number of rotatable bonds is 6. The normalized spacial score (nSPS) is 10.8. The smallest absolute Gasteiger partial charge is 0.335 e. The van der Waals surface area contributed by atoms with E-state index in [1.165, 1.54) is 0 Å². The fraction of sp³-hybridized carbons (Fsp3) is 0.350. The van der Waals surface area contributed by atoms with Gasteiger partial charge < -0.3 is 9.84 Å². The lowest BCUT2D eigenvalue weighted by atomic mass is 9.90. The fourth-order valence-electron chi connectivity index (χ4n) is 2.63. The van der Waals surface area contributed by atoms with E-state index >= 15 is 0 Å². The maximum Gasteiger partial charge on any atom is 0.335 e. The van der Waals surface area contributed by atoms with Gasteiger partial charge in [0.2, 0.25) is 0 Å². The Labute approximate surface area is 137 Å². The van der Waals surface area contributed by atoms with Crippen LogP contribution in [0.1, 0.15) is 54.6 Å². The third-order valence-electron chi connectivity index (χ3n) is 3.87. The molecule has 3 heteroatoms. The maximum atomic E-state index is 11.2. The molecule has 0 amide bonds. The first-order valence-electron chi connectivity index (χ1n) is 8.05. The number of aromatic carboxylic acids is 1. The summed E-state index contributed by atoms with van der Waals surface area (Å²) in [4.78, 5) is 11.2. The highest BCUT2D eigenvalue weighted by molar-refractivity contribution is 5.89. The van der Waals surface area contributed by atoms with E-state index in [1.54, 1.807) is 12.1 Å². The summed E-state index contributed by atoms with van der Waals surface area (Å²) in [6.07, 6.45) is 0.981. The number of ether oxygens (including phenoxy) is 1. The minimum atomic E-state index is -0.891. The molecule has 2 rings (SSSR count). The zero-order valence-corrected chi connectivity index (χ0v) is 14.2. The lowest BCUT2D eigenvalue weighted by Crippen LogP contribution is -2.01. The van der Waals surface area contributed by atoms with Gasteiger partial charge in [0.1, 0.15) is 5.75 Å². The molecule has 0 bridgehead atoms. The highest BCUT2D eigenvalue weighted by atomic mass is 16.5. The Hall–Kier alpha value is -2.29. The van der Waals surface area contributed by atoms with Crippen LogP contribution in [0.25, 0.3) is 11.1 Å². The zero-order chi connectivity index (χ0) is 17.0. The van der Waals surface area contributed by atoms with Crippen LogP contribution in [0.5, 0.6) is 5.75 Å². The maximum absolute atomic E-state index is 11.2. The van der Waals surface area contributed by atoms with Gasteiger partial charge in [-0.15, -0.1) is 0 Å². The Balaban J connectivity index is 2.45. The second-order valence-electron chi connectivity index (χ2n) is 6.09. The molecule has 0 radical (unpaired) electrons. The lowest BCUT2D eigenvalue weighted by Gasteiger charge is -2.16. The third-order valence-corrected chi connectivity index (χ3v) is 3.87. The molecule has 0 fully saturated rings. The minimum absolute atomic E-state index is 0.251. The van der Waals surface area contributed by atoms with Gasteiger partial charge >= 0.3 is 5.97 Å². The summed E-state index contributed by atoms with van der Waals surface area (Å²) in [6, 6.07) is 11.5. The highest BCUT2D eigenvalue weighted by Crippen LogP contribution is 2.33. The van der Waals surface area contributed by atoms with Crippen molar-refractivity contribution >= 4 is 5.97 Å². The second kappa shape index (κ2) is 7.32. The molecule has 0 aromatic heterocycles. The molecule has 0 atom stereocenters. The van der Waals surface area contributed by atoms with Crippen molar-refractivity contribution in [2.24, 2.45) is 0 Å². The van der Waals surface area contributed by atoms with E-state index in [0.29, 0.717) is 12.2 Å². The SMILES string of the molecule is CCCOc1ccc(-c2ccc(C(=O)O)cc2C(C)C)cc1C. The predicted molar refractivity (Wildman–Crippen MR) is 93.4 cm³/mol. The quantitative estimate of drug-likeness (QED) is 0.790. The molecule has 1 N–H and O–H groups in total. The topological polar surface area (TPSA) is 46.5 Å². The molecule has 2 aromatic carbocycles. The molecule has 0 unspecified atom stereocenters. The van der Waals surface area contributed by atoms with Gasteiger partial charge in [-0.05, 0) is 65.8 Å². The predicted octanol–water partition coefficient (Wildman–Crippen LogP) is 5.27. The Kier molecular flexibility index (Phi) is 5.43. The number of carbonyl (C=O) groups is 1. The van der Waals surface area contributed by atoms with Crippen LogP contribution in [0.4, 0.5) is 0 Å². The zero-order valence-electron chi connectivity index (χ0n) is 14.2. The van der Waals surface area contributed by atoms with Gasteiger partial charge in [0.15, 0.2) is 0 Å². The number of hydrogen-bond donors (Lipinski definition) is 1. The van der Waals surface area contributed by atoms with Gasteiger partial charge in [-0.1, -0.05) is 32.9 Å². The summed E-state index contributed by atoms with van der Waals surface area (Å²) in [6.45, 7) is 8.99. The molecule has 0 saturated heterocycles. The average Bonchev–Trinajstić information content (AvgIpc) is 2.53. The van der Waals surface area contributed by atoms with Gasteiger partial charge in [-0.2, -0.15) is 0 Å². The van der Waals surface area contributed by atoms with Crippen molar-refractivity contribution in [1.82, 2.24) is 0 Å². The van der Waals surface area contributed by atoms with Crippen molar-refractivity contribution in [3.05, 3.63) is 53.1 Å². The van der Waals surface area contributed by atoms with Gasteiger partial charge in [-0.3, -0.25) is 0 Å². The Morgan fingerprint density at radius 1 is 1.17 bits per heavy atom. The molecule has 0 heterocycles. The van der Waals surface area contributed by atoms with E-state index in [4.69, 9.17) is 4.74 Å². The van der Waals surface area contributed by atoms with Crippen LogP contribution in [0.15, 0.2) is 36.4 Å².